The Labute approximate surface area is 318 Å². The molecule has 2 unspecified atom stereocenters. The number of quaternary nitrogens is 2. The summed E-state index contributed by atoms with van der Waals surface area (Å²) in [4.78, 5) is 21.2. The number of amides is 2. The van der Waals surface area contributed by atoms with Crippen LogP contribution in [0.1, 0.15) is 33.4 Å². The molecule has 6 aromatic rings. The highest BCUT2D eigenvalue weighted by Gasteiger charge is 2.13. The van der Waals surface area contributed by atoms with Crippen molar-refractivity contribution in [3.63, 3.8) is 0 Å². The van der Waals surface area contributed by atoms with Crippen molar-refractivity contribution in [3.05, 3.63) is 177 Å². The third-order valence-electron chi connectivity index (χ3n) is 8.94. The van der Waals surface area contributed by atoms with Crippen LogP contribution in [0, 0.1) is 10.4 Å². The highest BCUT2D eigenvalue weighted by atomic mass is 16.8. The van der Waals surface area contributed by atoms with Gasteiger partial charge in [0.1, 0.15) is 11.5 Å². The van der Waals surface area contributed by atoms with Crippen molar-refractivity contribution in [3.8, 4) is 33.8 Å². The number of carbonyl (C=O) groups is 2. The Morgan fingerprint density at radius 3 is 1.51 bits per heavy atom. The molecule has 0 saturated carbocycles. The SMILES string of the molecule is COc1ccc(Cc2ccccc2CNC=O)cc1-c1cccc([NH+]([O-])O)c1.O=CNCc1ccccc1Cc1ccc(O)c(-c2cccc([NH+]([O-])O)c2)c1. The van der Waals surface area contributed by atoms with Gasteiger partial charge in [0.15, 0.2) is 11.4 Å². The van der Waals surface area contributed by atoms with Gasteiger partial charge in [0, 0.05) is 48.5 Å². The quantitative estimate of drug-likeness (QED) is 0.0573. The van der Waals surface area contributed by atoms with Gasteiger partial charge in [-0.1, -0.05) is 84.9 Å². The molecule has 0 spiro atoms. The van der Waals surface area contributed by atoms with E-state index >= 15 is 0 Å². The monoisotopic (exact) mass is 742 g/mol. The fourth-order valence-electron chi connectivity index (χ4n) is 6.20. The molecule has 55 heavy (non-hydrogen) atoms. The number of ether oxygens (including phenoxy) is 1. The molecule has 6 aromatic carbocycles. The maximum atomic E-state index is 11.3. The molecular weight excluding hydrogens is 700 g/mol. The Kier molecular flexibility index (Phi) is 14.2. The Morgan fingerprint density at radius 1 is 0.582 bits per heavy atom. The Bertz CT molecular complexity index is 2210. The number of phenolic OH excluding ortho intramolecular Hbond substituents is 1. The average molecular weight is 743 g/mol. The summed E-state index contributed by atoms with van der Waals surface area (Å²) in [6.45, 7) is 0.925. The van der Waals surface area contributed by atoms with Crippen LogP contribution in [0.5, 0.6) is 11.5 Å². The van der Waals surface area contributed by atoms with Crippen molar-refractivity contribution in [1.29, 1.82) is 0 Å². The second-order valence-electron chi connectivity index (χ2n) is 12.5. The maximum Gasteiger partial charge on any atom is 0.207 e. The van der Waals surface area contributed by atoms with E-state index in [1.807, 2.05) is 84.9 Å². The molecule has 0 bridgehead atoms. The molecule has 2 amide bonds. The summed E-state index contributed by atoms with van der Waals surface area (Å²) in [5.41, 5.74) is 9.56. The van der Waals surface area contributed by atoms with E-state index in [0.29, 0.717) is 55.6 Å². The molecule has 0 fully saturated rings. The fraction of sp³-hybridized carbons (Fsp3) is 0.116. The van der Waals surface area contributed by atoms with Gasteiger partial charge < -0.3 is 30.9 Å². The topological polar surface area (TPSA) is 183 Å². The number of methoxy groups -OCH3 is 1. The Balaban J connectivity index is 0.000000211. The number of nitrogens with one attached hydrogen (secondary N) is 4. The highest BCUT2D eigenvalue weighted by Crippen LogP contribution is 2.34. The summed E-state index contributed by atoms with van der Waals surface area (Å²) in [7, 11) is 1.60. The molecule has 0 aromatic heterocycles. The number of rotatable bonds is 15. The van der Waals surface area contributed by atoms with Crippen LogP contribution in [0.4, 0.5) is 11.4 Å². The first-order chi connectivity index (χ1) is 26.7. The minimum Gasteiger partial charge on any atom is -0.595 e. The standard InChI is InChI=1S/C22H22N2O4.C21H20N2O4/c1-28-22-10-9-16(11-17-5-2-3-6-19(17)14-23-15-25)12-21(22)18-7-4-8-20(13-18)24(26)27;24-14-22-13-18-5-2-1-4-16(18)10-15-8-9-21(25)20(11-15)17-6-3-7-19(12-17)23(26)27/h2-10,12-13,15,24,26H,11,14H2,1H3,(H,23,25);1-9,11-12,14,23,25-26H,10,13H2,(H,22,24). The lowest BCUT2D eigenvalue weighted by atomic mass is 9.96. The summed E-state index contributed by atoms with van der Waals surface area (Å²) in [6, 6.07) is 40.3. The summed E-state index contributed by atoms with van der Waals surface area (Å²) < 4.78 is 5.49. The first kappa shape index (κ1) is 39.8. The van der Waals surface area contributed by atoms with Gasteiger partial charge in [-0.15, -0.1) is 0 Å². The van der Waals surface area contributed by atoms with Crippen molar-refractivity contribution in [2.75, 3.05) is 7.11 Å². The van der Waals surface area contributed by atoms with Gasteiger partial charge >= 0.3 is 0 Å². The average Bonchev–Trinajstić information content (AvgIpc) is 3.21. The molecule has 12 nitrogen and oxygen atoms in total. The van der Waals surface area contributed by atoms with Crippen molar-refractivity contribution in [2.45, 2.75) is 25.9 Å². The molecule has 282 valence electrons. The van der Waals surface area contributed by atoms with Crippen molar-refractivity contribution in [1.82, 2.24) is 10.6 Å². The lowest BCUT2D eigenvalue weighted by molar-refractivity contribution is -0.991. The second-order valence-corrected chi connectivity index (χ2v) is 12.5. The van der Waals surface area contributed by atoms with Crippen LogP contribution in [0.3, 0.4) is 0 Å². The van der Waals surface area contributed by atoms with Crippen LogP contribution < -0.4 is 25.8 Å². The van der Waals surface area contributed by atoms with Gasteiger partial charge in [-0.05, 0) is 81.6 Å². The zero-order valence-electron chi connectivity index (χ0n) is 30.1. The first-order valence-electron chi connectivity index (χ1n) is 17.3. The van der Waals surface area contributed by atoms with E-state index in [-0.39, 0.29) is 17.1 Å². The third kappa shape index (κ3) is 10.8. The molecule has 0 radical (unpaired) electrons. The second kappa shape index (κ2) is 19.6. The third-order valence-corrected chi connectivity index (χ3v) is 8.94. The van der Waals surface area contributed by atoms with Gasteiger partial charge in [0.05, 0.1) is 7.11 Å². The Morgan fingerprint density at radius 2 is 1.04 bits per heavy atom. The lowest BCUT2D eigenvalue weighted by Gasteiger charge is -2.15. The summed E-state index contributed by atoms with van der Waals surface area (Å²) in [5, 5.41) is 54.6. The van der Waals surface area contributed by atoms with E-state index in [0.717, 1.165) is 44.5 Å². The van der Waals surface area contributed by atoms with Gasteiger partial charge in [-0.25, -0.2) is 10.4 Å². The normalized spacial score (nSPS) is 11.7. The number of phenols is 1. The lowest BCUT2D eigenvalue weighted by Crippen LogP contribution is -2.99. The van der Waals surface area contributed by atoms with E-state index < -0.39 is 10.5 Å². The molecule has 0 saturated heterocycles. The molecule has 2 atom stereocenters. The minimum absolute atomic E-state index is 0.0946. The van der Waals surface area contributed by atoms with E-state index in [1.165, 1.54) is 6.07 Å². The fourth-order valence-corrected chi connectivity index (χ4v) is 6.20. The van der Waals surface area contributed by atoms with Crippen LogP contribution in [0.15, 0.2) is 133 Å². The van der Waals surface area contributed by atoms with Crippen LogP contribution in [-0.2, 0) is 35.5 Å². The van der Waals surface area contributed by atoms with Gasteiger partial charge in [0.25, 0.3) is 0 Å². The van der Waals surface area contributed by atoms with Crippen LogP contribution >= 0.6 is 0 Å². The maximum absolute atomic E-state index is 11.3. The number of carbonyl (C=O) groups excluding carboxylic acids is 2. The number of aromatic hydroxyl groups is 1. The van der Waals surface area contributed by atoms with Crippen LogP contribution in [0.25, 0.3) is 22.3 Å². The molecule has 12 heteroatoms. The molecule has 0 aliphatic heterocycles. The first-order valence-corrected chi connectivity index (χ1v) is 17.3. The van der Waals surface area contributed by atoms with E-state index in [2.05, 4.69) is 10.6 Å². The highest BCUT2D eigenvalue weighted by molar-refractivity contribution is 5.74. The van der Waals surface area contributed by atoms with Crippen molar-refractivity contribution >= 4 is 24.2 Å². The molecule has 6 rings (SSSR count). The smallest absolute Gasteiger partial charge is 0.207 e. The van der Waals surface area contributed by atoms with Crippen molar-refractivity contribution in [2.24, 2.45) is 0 Å². The number of benzene rings is 6. The summed E-state index contributed by atoms with van der Waals surface area (Å²) in [6.07, 6.45) is 2.68. The zero-order valence-corrected chi connectivity index (χ0v) is 30.1. The van der Waals surface area contributed by atoms with Crippen LogP contribution in [-0.4, -0.2) is 35.5 Å². The predicted molar refractivity (Wildman–Crippen MR) is 208 cm³/mol. The predicted octanol–water partition coefficient (Wildman–Crippen LogP) is 4.90. The van der Waals surface area contributed by atoms with Crippen molar-refractivity contribution < 1.29 is 40.3 Å². The Hall–Kier alpha value is -6.38. The molecular formula is C43H42N4O8. The molecule has 0 aliphatic rings. The number of hydrogen-bond acceptors (Lipinski definition) is 8. The number of hydrogen-bond donors (Lipinski definition) is 7. The van der Waals surface area contributed by atoms with Gasteiger partial charge in [-0.3, -0.25) is 9.59 Å². The molecule has 0 heterocycles. The van der Waals surface area contributed by atoms with Gasteiger partial charge in [0.2, 0.25) is 12.8 Å². The van der Waals surface area contributed by atoms with E-state index in [1.54, 1.807) is 49.6 Å². The molecule has 0 aliphatic carbocycles. The summed E-state index contributed by atoms with van der Waals surface area (Å²) >= 11 is 0. The zero-order chi connectivity index (χ0) is 39.2. The largest absolute Gasteiger partial charge is 0.595 e. The van der Waals surface area contributed by atoms with E-state index in [9.17, 15) is 35.5 Å². The minimum atomic E-state index is -1.01. The van der Waals surface area contributed by atoms with Crippen LogP contribution in [0.2, 0.25) is 0 Å². The van der Waals surface area contributed by atoms with Gasteiger partial charge in [-0.2, -0.15) is 10.5 Å². The summed E-state index contributed by atoms with van der Waals surface area (Å²) in [5.74, 6) is 0.777. The molecule has 7 N–H and O–H groups in total. The van der Waals surface area contributed by atoms with E-state index in [4.69, 9.17) is 4.74 Å².